The predicted octanol–water partition coefficient (Wildman–Crippen LogP) is 1.25. The molecule has 0 radical (unpaired) electrons. The molecule has 5 heteroatoms. The molecule has 19 heavy (non-hydrogen) atoms. The number of rotatable bonds is 4. The van der Waals surface area contributed by atoms with Crippen molar-refractivity contribution in [2.24, 2.45) is 5.41 Å². The van der Waals surface area contributed by atoms with E-state index in [-0.39, 0.29) is 19.1 Å². The molecule has 5 nitrogen and oxygen atoms in total. The fourth-order valence-corrected chi connectivity index (χ4v) is 2.44. The Morgan fingerprint density at radius 1 is 1.37 bits per heavy atom. The van der Waals surface area contributed by atoms with Crippen molar-refractivity contribution in [2.45, 2.75) is 6.42 Å². The van der Waals surface area contributed by atoms with Crippen molar-refractivity contribution in [3.63, 3.8) is 0 Å². The fraction of sp³-hybridized carbons (Fsp3) is 0.429. The Hall–Kier alpha value is -1.88. The summed E-state index contributed by atoms with van der Waals surface area (Å²) in [7, 11) is 1.48. The van der Waals surface area contributed by atoms with E-state index in [1.165, 1.54) is 7.11 Å². The Morgan fingerprint density at radius 2 is 2.05 bits per heavy atom. The molecule has 0 aliphatic carbocycles. The molecule has 1 fully saturated rings. The number of carboxylic acid groups (broad SMARTS) is 1. The molecule has 2 rings (SSSR count). The Morgan fingerprint density at radius 3 is 2.63 bits per heavy atom. The zero-order chi connectivity index (χ0) is 13.9. The van der Waals surface area contributed by atoms with E-state index in [0.717, 1.165) is 0 Å². The number of likely N-dealkylation sites (tertiary alicyclic amines) is 1. The van der Waals surface area contributed by atoms with Crippen LogP contribution in [0.15, 0.2) is 30.3 Å². The normalized spacial score (nSPS) is 22.5. The van der Waals surface area contributed by atoms with E-state index in [1.54, 1.807) is 29.2 Å². The van der Waals surface area contributed by atoms with Crippen molar-refractivity contribution in [1.29, 1.82) is 0 Å². The molecule has 0 spiro atoms. The van der Waals surface area contributed by atoms with Crippen LogP contribution in [-0.2, 0) is 9.53 Å². The van der Waals surface area contributed by atoms with Gasteiger partial charge in [-0.1, -0.05) is 18.2 Å². The molecule has 102 valence electrons. The zero-order valence-electron chi connectivity index (χ0n) is 10.8. The first-order chi connectivity index (χ1) is 9.09. The minimum atomic E-state index is -0.973. The van der Waals surface area contributed by atoms with Gasteiger partial charge in [-0.2, -0.15) is 0 Å². The van der Waals surface area contributed by atoms with Gasteiger partial charge in [0.25, 0.3) is 5.91 Å². The molecule has 1 atom stereocenters. The second kappa shape index (κ2) is 5.40. The van der Waals surface area contributed by atoms with Gasteiger partial charge in [0.2, 0.25) is 0 Å². The van der Waals surface area contributed by atoms with Crippen LogP contribution in [0.25, 0.3) is 0 Å². The number of carbonyl (C=O) groups is 2. The minimum absolute atomic E-state index is 0.125. The zero-order valence-corrected chi connectivity index (χ0v) is 10.8. The Kier molecular flexibility index (Phi) is 3.85. The lowest BCUT2D eigenvalue weighted by Crippen LogP contribution is -2.40. The van der Waals surface area contributed by atoms with E-state index in [1.807, 2.05) is 6.07 Å². The largest absolute Gasteiger partial charge is 0.481 e. The van der Waals surface area contributed by atoms with E-state index in [0.29, 0.717) is 18.5 Å². The third kappa shape index (κ3) is 2.61. The number of hydrogen-bond donors (Lipinski definition) is 1. The first-order valence-electron chi connectivity index (χ1n) is 6.16. The molecule has 1 N–H and O–H groups in total. The van der Waals surface area contributed by atoms with Gasteiger partial charge >= 0.3 is 5.97 Å². The van der Waals surface area contributed by atoms with Crippen molar-refractivity contribution >= 4 is 11.9 Å². The summed E-state index contributed by atoms with van der Waals surface area (Å²) >= 11 is 0. The Bertz CT molecular complexity index is 474. The maximum absolute atomic E-state index is 12.3. The van der Waals surface area contributed by atoms with Crippen molar-refractivity contribution in [1.82, 2.24) is 4.90 Å². The third-order valence-corrected chi connectivity index (χ3v) is 3.54. The summed E-state index contributed by atoms with van der Waals surface area (Å²) in [6.07, 6.45) is 0.425. The van der Waals surface area contributed by atoms with Crippen molar-refractivity contribution < 1.29 is 19.4 Å². The molecule has 0 saturated carbocycles. The topological polar surface area (TPSA) is 66.8 Å². The molecule has 1 heterocycles. The molecule has 1 aromatic rings. The highest BCUT2D eigenvalue weighted by molar-refractivity contribution is 5.95. The van der Waals surface area contributed by atoms with Crippen LogP contribution in [-0.4, -0.2) is 48.7 Å². The summed E-state index contributed by atoms with van der Waals surface area (Å²) in [4.78, 5) is 25.2. The number of carboxylic acids is 1. The molecule has 1 amide bonds. The summed E-state index contributed by atoms with van der Waals surface area (Å²) < 4.78 is 5.01. The van der Waals surface area contributed by atoms with Crippen LogP contribution >= 0.6 is 0 Å². The van der Waals surface area contributed by atoms with Crippen LogP contribution in [0, 0.1) is 5.41 Å². The molecule has 1 aliphatic heterocycles. The van der Waals surface area contributed by atoms with Gasteiger partial charge in [-0.05, 0) is 18.6 Å². The number of hydrogen-bond acceptors (Lipinski definition) is 3. The van der Waals surface area contributed by atoms with Gasteiger partial charge in [0.15, 0.2) is 0 Å². The number of methoxy groups -OCH3 is 1. The highest BCUT2D eigenvalue weighted by Gasteiger charge is 2.46. The lowest BCUT2D eigenvalue weighted by atomic mass is 9.88. The van der Waals surface area contributed by atoms with Crippen molar-refractivity contribution in [2.75, 3.05) is 26.8 Å². The SMILES string of the molecule is COCC1(C(=O)O)CCN(C(=O)c2ccccc2)C1. The third-order valence-electron chi connectivity index (χ3n) is 3.54. The first kappa shape index (κ1) is 13.5. The van der Waals surface area contributed by atoms with Crippen molar-refractivity contribution in [3.05, 3.63) is 35.9 Å². The van der Waals surface area contributed by atoms with Gasteiger partial charge < -0.3 is 14.7 Å². The van der Waals surface area contributed by atoms with Crippen LogP contribution in [0.1, 0.15) is 16.8 Å². The highest BCUT2D eigenvalue weighted by atomic mass is 16.5. The molecule has 1 unspecified atom stereocenters. The number of nitrogens with zero attached hydrogens (tertiary/aromatic N) is 1. The van der Waals surface area contributed by atoms with Gasteiger partial charge in [0, 0.05) is 25.8 Å². The van der Waals surface area contributed by atoms with E-state index >= 15 is 0 Å². The Balaban J connectivity index is 2.13. The van der Waals surface area contributed by atoms with Crippen LogP contribution < -0.4 is 0 Å². The molecule has 1 saturated heterocycles. The summed E-state index contributed by atoms with van der Waals surface area (Å²) in [6, 6.07) is 8.90. The summed E-state index contributed by atoms with van der Waals surface area (Å²) in [5.41, 5.74) is -0.389. The number of benzene rings is 1. The van der Waals surface area contributed by atoms with Gasteiger partial charge in [0.1, 0.15) is 5.41 Å². The molecular weight excluding hydrogens is 246 g/mol. The monoisotopic (exact) mass is 263 g/mol. The molecular formula is C14H17NO4. The predicted molar refractivity (Wildman–Crippen MR) is 68.9 cm³/mol. The van der Waals surface area contributed by atoms with Crippen LogP contribution in [0.3, 0.4) is 0 Å². The number of amides is 1. The molecule has 1 aliphatic rings. The van der Waals surface area contributed by atoms with Crippen LogP contribution in [0.5, 0.6) is 0 Å². The second-order valence-electron chi connectivity index (χ2n) is 4.86. The number of ether oxygens (including phenoxy) is 1. The quantitative estimate of drug-likeness (QED) is 0.887. The van der Waals surface area contributed by atoms with E-state index in [9.17, 15) is 14.7 Å². The van der Waals surface area contributed by atoms with E-state index in [2.05, 4.69) is 0 Å². The van der Waals surface area contributed by atoms with Crippen molar-refractivity contribution in [3.8, 4) is 0 Å². The van der Waals surface area contributed by atoms with Crippen LogP contribution in [0.4, 0.5) is 0 Å². The average molecular weight is 263 g/mol. The van der Waals surface area contributed by atoms with Gasteiger partial charge in [0.05, 0.1) is 6.61 Å². The van der Waals surface area contributed by atoms with Crippen LogP contribution in [0.2, 0.25) is 0 Å². The molecule has 0 aromatic heterocycles. The summed E-state index contributed by atoms with van der Waals surface area (Å²) in [5.74, 6) is -1.03. The summed E-state index contributed by atoms with van der Waals surface area (Å²) in [5, 5.41) is 9.35. The van der Waals surface area contributed by atoms with E-state index < -0.39 is 11.4 Å². The lowest BCUT2D eigenvalue weighted by Gasteiger charge is -2.23. The molecule has 1 aromatic carbocycles. The smallest absolute Gasteiger partial charge is 0.313 e. The number of aliphatic carboxylic acids is 1. The fourth-order valence-electron chi connectivity index (χ4n) is 2.44. The van der Waals surface area contributed by atoms with E-state index in [4.69, 9.17) is 4.74 Å². The first-order valence-corrected chi connectivity index (χ1v) is 6.16. The average Bonchev–Trinajstić information content (AvgIpc) is 2.85. The van der Waals surface area contributed by atoms with Gasteiger partial charge in [-0.3, -0.25) is 9.59 Å². The second-order valence-corrected chi connectivity index (χ2v) is 4.86. The minimum Gasteiger partial charge on any atom is -0.481 e. The maximum Gasteiger partial charge on any atom is 0.313 e. The highest BCUT2D eigenvalue weighted by Crippen LogP contribution is 2.32. The van der Waals surface area contributed by atoms with Gasteiger partial charge in [-0.25, -0.2) is 0 Å². The standard InChI is InChI=1S/C14H17NO4/c1-19-10-14(13(17)18)7-8-15(9-14)12(16)11-5-3-2-4-6-11/h2-6H,7-10H2,1H3,(H,17,18). The Labute approximate surface area is 111 Å². The summed E-state index contributed by atoms with van der Waals surface area (Å²) in [6.45, 7) is 0.772. The maximum atomic E-state index is 12.3. The lowest BCUT2D eigenvalue weighted by molar-refractivity contribution is -0.151. The molecule has 0 bridgehead atoms. The van der Waals surface area contributed by atoms with Gasteiger partial charge in [-0.15, -0.1) is 0 Å². The number of carbonyl (C=O) groups excluding carboxylic acids is 1.